The van der Waals surface area contributed by atoms with Gasteiger partial charge in [-0.2, -0.15) is 0 Å². The minimum atomic E-state index is -0.298. The van der Waals surface area contributed by atoms with Crippen molar-refractivity contribution in [2.24, 2.45) is 0 Å². The molecule has 8 heteroatoms. The molecule has 1 aliphatic carbocycles. The van der Waals surface area contributed by atoms with E-state index < -0.39 is 0 Å². The second-order valence-electron chi connectivity index (χ2n) is 6.43. The highest BCUT2D eigenvalue weighted by Gasteiger charge is 2.22. The highest BCUT2D eigenvalue weighted by molar-refractivity contribution is 8.00. The van der Waals surface area contributed by atoms with Crippen LogP contribution in [0.1, 0.15) is 32.6 Å². The summed E-state index contributed by atoms with van der Waals surface area (Å²) in [7, 11) is 0. The number of hydrogen-bond donors (Lipinski definition) is 2. The number of carbonyl (C=O) groups excluding carboxylic acids is 1. The summed E-state index contributed by atoms with van der Waals surface area (Å²) in [6.45, 7) is 1.85. The van der Waals surface area contributed by atoms with E-state index in [1.807, 2.05) is 29.8 Å². The van der Waals surface area contributed by atoms with Gasteiger partial charge in [0, 0.05) is 21.9 Å². The molecule has 5 nitrogen and oxygen atoms in total. The first kappa shape index (κ1) is 17.8. The van der Waals surface area contributed by atoms with Crippen LogP contribution in [0.4, 0.5) is 0 Å². The fourth-order valence-corrected chi connectivity index (χ4v) is 5.83. The predicted octanol–water partition coefficient (Wildman–Crippen LogP) is 4.25. The fourth-order valence-electron chi connectivity index (χ4n) is 3.21. The SMILES string of the molecule is C[C@@H](Sc1nc2scc(-c3cccs3)c2c(=O)[nH]1)C(=O)NC1CCCC1. The zero-order valence-electron chi connectivity index (χ0n) is 14.3. The van der Waals surface area contributed by atoms with Crippen molar-refractivity contribution in [1.29, 1.82) is 0 Å². The smallest absolute Gasteiger partial charge is 0.260 e. The van der Waals surface area contributed by atoms with E-state index in [4.69, 9.17) is 0 Å². The van der Waals surface area contributed by atoms with E-state index in [2.05, 4.69) is 15.3 Å². The van der Waals surface area contributed by atoms with E-state index in [9.17, 15) is 9.59 Å². The summed E-state index contributed by atoms with van der Waals surface area (Å²) in [6, 6.07) is 4.27. The molecule has 1 aliphatic rings. The molecule has 0 radical (unpaired) electrons. The van der Waals surface area contributed by atoms with Gasteiger partial charge in [-0.05, 0) is 31.2 Å². The first-order chi connectivity index (χ1) is 12.6. The second kappa shape index (κ2) is 7.54. The van der Waals surface area contributed by atoms with Gasteiger partial charge in [0.25, 0.3) is 5.56 Å². The number of rotatable bonds is 5. The van der Waals surface area contributed by atoms with Crippen molar-refractivity contribution in [1.82, 2.24) is 15.3 Å². The van der Waals surface area contributed by atoms with Gasteiger partial charge >= 0.3 is 0 Å². The standard InChI is InChI=1S/C18H19N3O2S3/c1-10(15(22)19-11-5-2-3-6-11)26-18-20-16(23)14-12(9-25-17(14)21-18)13-7-4-8-24-13/h4,7-11H,2-3,5-6H2,1H3,(H,19,22)(H,20,21,23)/t10-/m1/s1. The topological polar surface area (TPSA) is 74.8 Å². The minimum Gasteiger partial charge on any atom is -0.352 e. The average Bonchev–Trinajstić information content (AvgIpc) is 3.35. The van der Waals surface area contributed by atoms with E-state index in [1.165, 1.54) is 35.9 Å². The highest BCUT2D eigenvalue weighted by Crippen LogP contribution is 2.34. The first-order valence-electron chi connectivity index (χ1n) is 8.64. The lowest BCUT2D eigenvalue weighted by Gasteiger charge is -2.15. The van der Waals surface area contributed by atoms with Gasteiger partial charge in [-0.15, -0.1) is 22.7 Å². The Morgan fingerprint density at radius 3 is 2.92 bits per heavy atom. The summed E-state index contributed by atoms with van der Waals surface area (Å²) in [5, 5.41) is 7.90. The molecule has 1 atom stereocenters. The number of thioether (sulfide) groups is 1. The molecule has 3 aromatic rings. The van der Waals surface area contributed by atoms with Crippen LogP contribution in [0.5, 0.6) is 0 Å². The summed E-state index contributed by atoms with van der Waals surface area (Å²) < 4.78 is 0. The number of fused-ring (bicyclic) bond motifs is 1. The number of nitrogens with one attached hydrogen (secondary N) is 2. The van der Waals surface area contributed by atoms with Gasteiger partial charge in [-0.25, -0.2) is 4.98 Å². The van der Waals surface area contributed by atoms with E-state index >= 15 is 0 Å². The predicted molar refractivity (Wildman–Crippen MR) is 109 cm³/mol. The highest BCUT2D eigenvalue weighted by atomic mass is 32.2. The average molecular weight is 406 g/mol. The van der Waals surface area contributed by atoms with Crippen LogP contribution in [0.3, 0.4) is 0 Å². The molecule has 4 rings (SSSR count). The Hall–Kier alpha value is -1.64. The Labute approximate surface area is 163 Å². The molecule has 2 N–H and O–H groups in total. The molecule has 1 saturated carbocycles. The number of amides is 1. The minimum absolute atomic E-state index is 0.00935. The van der Waals surface area contributed by atoms with E-state index in [-0.39, 0.29) is 16.7 Å². The summed E-state index contributed by atoms with van der Waals surface area (Å²) in [6.07, 6.45) is 4.49. The Bertz CT molecular complexity index is 971. The van der Waals surface area contributed by atoms with E-state index in [0.717, 1.165) is 23.3 Å². The van der Waals surface area contributed by atoms with E-state index in [0.29, 0.717) is 21.4 Å². The van der Waals surface area contributed by atoms with Crippen molar-refractivity contribution >= 4 is 50.6 Å². The Kier molecular flexibility index (Phi) is 5.15. The molecule has 0 unspecified atom stereocenters. The second-order valence-corrected chi connectivity index (χ2v) is 9.56. The monoisotopic (exact) mass is 405 g/mol. The number of H-pyrrole nitrogens is 1. The van der Waals surface area contributed by atoms with Crippen molar-refractivity contribution in [3.05, 3.63) is 33.2 Å². The van der Waals surface area contributed by atoms with Crippen LogP contribution in [0, 0.1) is 0 Å². The van der Waals surface area contributed by atoms with Crippen LogP contribution >= 0.6 is 34.4 Å². The van der Waals surface area contributed by atoms with Crippen molar-refractivity contribution in [3.63, 3.8) is 0 Å². The molecule has 0 saturated heterocycles. The van der Waals surface area contributed by atoms with Gasteiger partial charge in [-0.3, -0.25) is 9.59 Å². The van der Waals surface area contributed by atoms with Crippen molar-refractivity contribution in [2.75, 3.05) is 0 Å². The van der Waals surface area contributed by atoms with Gasteiger partial charge < -0.3 is 10.3 Å². The molecule has 0 aliphatic heterocycles. The number of aromatic amines is 1. The normalized spacial score (nSPS) is 16.2. The lowest BCUT2D eigenvalue weighted by molar-refractivity contribution is -0.120. The van der Waals surface area contributed by atoms with E-state index in [1.54, 1.807) is 11.3 Å². The molecule has 0 aromatic carbocycles. The van der Waals surface area contributed by atoms with Crippen LogP contribution in [0.25, 0.3) is 20.7 Å². The molecule has 3 heterocycles. The number of hydrogen-bond acceptors (Lipinski definition) is 6. The maximum absolute atomic E-state index is 12.6. The van der Waals surface area contributed by atoms with Gasteiger partial charge in [0.2, 0.25) is 5.91 Å². The molecule has 26 heavy (non-hydrogen) atoms. The third-order valence-corrected chi connectivity index (χ3v) is 7.33. The Balaban J connectivity index is 1.54. The lowest BCUT2D eigenvalue weighted by atomic mass is 10.2. The Morgan fingerprint density at radius 2 is 2.19 bits per heavy atom. The molecule has 3 aromatic heterocycles. The molecular weight excluding hydrogens is 386 g/mol. The molecule has 1 amide bonds. The lowest BCUT2D eigenvalue weighted by Crippen LogP contribution is -2.37. The maximum Gasteiger partial charge on any atom is 0.260 e. The largest absolute Gasteiger partial charge is 0.352 e. The third kappa shape index (κ3) is 3.58. The van der Waals surface area contributed by atoms with Crippen LogP contribution in [0.2, 0.25) is 0 Å². The fraction of sp³-hybridized carbons (Fsp3) is 0.389. The first-order valence-corrected chi connectivity index (χ1v) is 11.3. The number of nitrogens with zero attached hydrogens (tertiary/aromatic N) is 1. The summed E-state index contributed by atoms with van der Waals surface area (Å²) >= 11 is 4.37. The van der Waals surface area contributed by atoms with Gasteiger partial charge in [-0.1, -0.05) is 30.7 Å². The van der Waals surface area contributed by atoms with Crippen molar-refractivity contribution in [3.8, 4) is 10.4 Å². The van der Waals surface area contributed by atoms with Crippen LogP contribution < -0.4 is 10.9 Å². The van der Waals surface area contributed by atoms with Gasteiger partial charge in [0.15, 0.2) is 5.16 Å². The molecule has 1 fully saturated rings. The molecule has 136 valence electrons. The van der Waals surface area contributed by atoms with Gasteiger partial charge in [0.05, 0.1) is 10.6 Å². The maximum atomic E-state index is 12.6. The molecule has 0 bridgehead atoms. The summed E-state index contributed by atoms with van der Waals surface area (Å²) in [5.41, 5.74) is 0.780. The van der Waals surface area contributed by atoms with Crippen molar-refractivity contribution in [2.45, 2.75) is 49.1 Å². The van der Waals surface area contributed by atoms with Crippen molar-refractivity contribution < 1.29 is 4.79 Å². The number of carbonyl (C=O) groups is 1. The zero-order chi connectivity index (χ0) is 18.1. The van der Waals surface area contributed by atoms with Gasteiger partial charge in [0.1, 0.15) is 4.83 Å². The number of aromatic nitrogens is 2. The summed E-state index contributed by atoms with van der Waals surface area (Å²) in [4.78, 5) is 34.2. The summed E-state index contributed by atoms with van der Waals surface area (Å²) in [5.74, 6) is 0.00935. The number of thiophene rings is 2. The zero-order valence-corrected chi connectivity index (χ0v) is 16.7. The van der Waals surface area contributed by atoms with Crippen LogP contribution in [-0.4, -0.2) is 27.2 Å². The quantitative estimate of drug-likeness (QED) is 0.491. The van der Waals surface area contributed by atoms with Crippen LogP contribution in [-0.2, 0) is 4.79 Å². The van der Waals surface area contributed by atoms with Crippen LogP contribution in [0.15, 0.2) is 32.8 Å². The third-order valence-electron chi connectivity index (χ3n) is 4.57. The molecule has 0 spiro atoms. The Morgan fingerprint density at radius 1 is 1.38 bits per heavy atom. The molecular formula is C18H19N3O2S3.